The normalized spacial score (nSPS) is 24.1. The van der Waals surface area contributed by atoms with Crippen molar-refractivity contribution < 1.29 is 0 Å². The molecule has 0 radical (unpaired) electrons. The van der Waals surface area contributed by atoms with Gasteiger partial charge in [0.15, 0.2) is 0 Å². The summed E-state index contributed by atoms with van der Waals surface area (Å²) in [5, 5.41) is 12.5. The highest BCUT2D eigenvalue weighted by Crippen LogP contribution is 2.28. The molecule has 1 N–H and O–H groups in total. The standard InChI is InChI=1S/C14H18N2/c1-10-6-11(2)8-13(7-10)16-14-5-3-4-12(14)9-15/h6-8,12,14,16H,3-5H2,1-2H3. The van der Waals surface area contributed by atoms with Gasteiger partial charge in [0.2, 0.25) is 0 Å². The van der Waals surface area contributed by atoms with Crippen LogP contribution in [0.1, 0.15) is 30.4 Å². The van der Waals surface area contributed by atoms with Gasteiger partial charge in [-0.2, -0.15) is 5.26 Å². The first-order valence-corrected chi connectivity index (χ1v) is 5.93. The fourth-order valence-corrected chi connectivity index (χ4v) is 2.56. The van der Waals surface area contributed by atoms with E-state index in [0.29, 0.717) is 6.04 Å². The van der Waals surface area contributed by atoms with E-state index in [1.807, 2.05) is 0 Å². The van der Waals surface area contributed by atoms with Gasteiger partial charge in [-0.3, -0.25) is 0 Å². The molecule has 2 unspecified atom stereocenters. The Morgan fingerprint density at radius 3 is 2.50 bits per heavy atom. The minimum atomic E-state index is 0.181. The minimum absolute atomic E-state index is 0.181. The van der Waals surface area contributed by atoms with Gasteiger partial charge >= 0.3 is 0 Å². The van der Waals surface area contributed by atoms with Crippen molar-refractivity contribution in [3.8, 4) is 6.07 Å². The molecule has 0 heterocycles. The number of hydrogen-bond donors (Lipinski definition) is 1. The van der Waals surface area contributed by atoms with E-state index in [1.54, 1.807) is 0 Å². The number of nitriles is 1. The van der Waals surface area contributed by atoms with Gasteiger partial charge in [0.25, 0.3) is 0 Å². The summed E-state index contributed by atoms with van der Waals surface area (Å²) in [5.41, 5.74) is 3.70. The topological polar surface area (TPSA) is 35.8 Å². The second-order valence-electron chi connectivity index (χ2n) is 4.79. The fourth-order valence-electron chi connectivity index (χ4n) is 2.56. The van der Waals surface area contributed by atoms with E-state index >= 15 is 0 Å². The first-order valence-electron chi connectivity index (χ1n) is 5.93. The number of nitrogens with zero attached hydrogens (tertiary/aromatic N) is 1. The van der Waals surface area contributed by atoms with Crippen molar-refractivity contribution in [3.05, 3.63) is 29.3 Å². The average Bonchev–Trinajstić information content (AvgIpc) is 2.63. The highest BCUT2D eigenvalue weighted by molar-refractivity contribution is 5.49. The number of aryl methyl sites for hydroxylation is 2. The monoisotopic (exact) mass is 214 g/mol. The second kappa shape index (κ2) is 4.57. The van der Waals surface area contributed by atoms with Crippen LogP contribution in [0.25, 0.3) is 0 Å². The van der Waals surface area contributed by atoms with Crippen LogP contribution in [-0.4, -0.2) is 6.04 Å². The Labute approximate surface area is 97.3 Å². The summed E-state index contributed by atoms with van der Waals surface area (Å²) in [4.78, 5) is 0. The van der Waals surface area contributed by atoms with Crippen molar-refractivity contribution in [2.75, 3.05) is 5.32 Å². The van der Waals surface area contributed by atoms with Crippen LogP contribution in [0.2, 0.25) is 0 Å². The van der Waals surface area contributed by atoms with Gasteiger partial charge < -0.3 is 5.32 Å². The van der Waals surface area contributed by atoms with Crippen molar-refractivity contribution in [2.24, 2.45) is 5.92 Å². The van der Waals surface area contributed by atoms with E-state index < -0.39 is 0 Å². The molecular weight excluding hydrogens is 196 g/mol. The van der Waals surface area contributed by atoms with Gasteiger partial charge in [-0.05, 0) is 56.4 Å². The Hall–Kier alpha value is -1.49. The predicted octanol–water partition coefficient (Wildman–Crippen LogP) is 3.41. The molecule has 0 aromatic heterocycles. The predicted molar refractivity (Wildman–Crippen MR) is 66.3 cm³/mol. The summed E-state index contributed by atoms with van der Waals surface area (Å²) in [6, 6.07) is 9.21. The van der Waals surface area contributed by atoms with Crippen molar-refractivity contribution in [1.29, 1.82) is 5.26 Å². The average molecular weight is 214 g/mol. The zero-order valence-corrected chi connectivity index (χ0v) is 9.96. The first-order chi connectivity index (χ1) is 7.69. The quantitative estimate of drug-likeness (QED) is 0.819. The molecule has 2 heteroatoms. The van der Waals surface area contributed by atoms with Crippen LogP contribution in [0, 0.1) is 31.1 Å². The summed E-state index contributed by atoms with van der Waals surface area (Å²) >= 11 is 0. The number of benzene rings is 1. The molecular formula is C14H18N2. The van der Waals surface area contributed by atoms with Crippen LogP contribution >= 0.6 is 0 Å². The molecule has 1 saturated carbocycles. The van der Waals surface area contributed by atoms with Crippen LogP contribution < -0.4 is 5.32 Å². The summed E-state index contributed by atoms with van der Waals surface area (Å²) in [6.45, 7) is 4.21. The van der Waals surface area contributed by atoms with Crippen molar-refractivity contribution in [3.63, 3.8) is 0 Å². The zero-order chi connectivity index (χ0) is 11.5. The zero-order valence-electron chi connectivity index (χ0n) is 9.96. The Morgan fingerprint density at radius 1 is 1.19 bits per heavy atom. The molecule has 2 atom stereocenters. The lowest BCUT2D eigenvalue weighted by Gasteiger charge is -2.17. The van der Waals surface area contributed by atoms with Crippen molar-refractivity contribution in [1.82, 2.24) is 0 Å². The molecule has 1 aromatic carbocycles. The highest BCUT2D eigenvalue weighted by atomic mass is 14.9. The number of nitrogens with one attached hydrogen (secondary N) is 1. The van der Waals surface area contributed by atoms with Crippen LogP contribution in [0.3, 0.4) is 0 Å². The second-order valence-corrected chi connectivity index (χ2v) is 4.79. The fraction of sp³-hybridized carbons (Fsp3) is 0.500. The maximum Gasteiger partial charge on any atom is 0.0677 e. The van der Waals surface area contributed by atoms with Crippen molar-refractivity contribution >= 4 is 5.69 Å². The largest absolute Gasteiger partial charge is 0.381 e. The molecule has 0 spiro atoms. The molecule has 0 amide bonds. The Morgan fingerprint density at radius 2 is 1.88 bits per heavy atom. The molecule has 2 rings (SSSR count). The van der Waals surface area contributed by atoms with Gasteiger partial charge in [-0.25, -0.2) is 0 Å². The third kappa shape index (κ3) is 2.36. The maximum absolute atomic E-state index is 9.03. The van der Waals surface area contributed by atoms with Gasteiger partial charge in [-0.1, -0.05) is 6.07 Å². The molecule has 0 saturated heterocycles. The highest BCUT2D eigenvalue weighted by Gasteiger charge is 2.26. The molecule has 84 valence electrons. The summed E-state index contributed by atoms with van der Waals surface area (Å²) < 4.78 is 0. The van der Waals surface area contributed by atoms with E-state index in [2.05, 4.69) is 43.4 Å². The van der Waals surface area contributed by atoms with Crippen LogP contribution in [0.4, 0.5) is 5.69 Å². The van der Waals surface area contributed by atoms with E-state index in [-0.39, 0.29) is 5.92 Å². The molecule has 1 fully saturated rings. The molecule has 2 nitrogen and oxygen atoms in total. The van der Waals surface area contributed by atoms with E-state index in [4.69, 9.17) is 5.26 Å². The van der Waals surface area contributed by atoms with E-state index in [0.717, 1.165) is 18.5 Å². The lowest BCUT2D eigenvalue weighted by molar-refractivity contribution is 0.629. The molecule has 1 aliphatic carbocycles. The van der Waals surface area contributed by atoms with Gasteiger partial charge in [0.05, 0.1) is 12.0 Å². The third-order valence-electron chi connectivity index (χ3n) is 3.26. The lowest BCUT2D eigenvalue weighted by Crippen LogP contribution is -2.22. The lowest BCUT2D eigenvalue weighted by atomic mass is 10.0. The van der Waals surface area contributed by atoms with Crippen LogP contribution in [-0.2, 0) is 0 Å². The van der Waals surface area contributed by atoms with E-state index in [1.165, 1.54) is 17.5 Å². The Balaban J connectivity index is 2.12. The molecule has 16 heavy (non-hydrogen) atoms. The number of hydrogen-bond acceptors (Lipinski definition) is 2. The molecule has 1 aliphatic rings. The minimum Gasteiger partial charge on any atom is -0.381 e. The van der Waals surface area contributed by atoms with Gasteiger partial charge in [-0.15, -0.1) is 0 Å². The van der Waals surface area contributed by atoms with Crippen LogP contribution in [0.5, 0.6) is 0 Å². The SMILES string of the molecule is Cc1cc(C)cc(NC2CCCC2C#N)c1. The summed E-state index contributed by atoms with van der Waals surface area (Å²) in [6.07, 6.45) is 3.32. The Bertz CT molecular complexity index is 397. The number of rotatable bonds is 2. The molecule has 0 aliphatic heterocycles. The van der Waals surface area contributed by atoms with Gasteiger partial charge in [0.1, 0.15) is 0 Å². The molecule has 1 aromatic rings. The van der Waals surface area contributed by atoms with Crippen LogP contribution in [0.15, 0.2) is 18.2 Å². The van der Waals surface area contributed by atoms with Gasteiger partial charge in [0, 0.05) is 11.7 Å². The molecule has 0 bridgehead atoms. The Kier molecular flexibility index (Phi) is 3.14. The smallest absolute Gasteiger partial charge is 0.0677 e. The summed E-state index contributed by atoms with van der Waals surface area (Å²) in [7, 11) is 0. The first kappa shape index (κ1) is 11.0. The summed E-state index contributed by atoms with van der Waals surface area (Å²) in [5.74, 6) is 0.181. The third-order valence-corrected chi connectivity index (χ3v) is 3.26. The number of anilines is 1. The maximum atomic E-state index is 9.03. The van der Waals surface area contributed by atoms with Crippen molar-refractivity contribution in [2.45, 2.75) is 39.2 Å². The van der Waals surface area contributed by atoms with E-state index in [9.17, 15) is 0 Å².